The lowest BCUT2D eigenvalue weighted by molar-refractivity contribution is 0.147. The normalized spacial score (nSPS) is 20.2. The third-order valence-electron chi connectivity index (χ3n) is 4.22. The SMILES string of the molecule is CCCNC(CCC1CCCC1)CC(C)COC. The number of methoxy groups -OCH3 is 1. The predicted molar refractivity (Wildman–Crippen MR) is 78.9 cm³/mol. The highest BCUT2D eigenvalue weighted by atomic mass is 16.5. The van der Waals surface area contributed by atoms with Gasteiger partial charge in [-0.2, -0.15) is 0 Å². The second-order valence-electron chi connectivity index (χ2n) is 6.18. The van der Waals surface area contributed by atoms with Crippen molar-refractivity contribution in [1.29, 1.82) is 0 Å². The van der Waals surface area contributed by atoms with Crippen LogP contribution in [0.2, 0.25) is 0 Å². The molecule has 1 saturated carbocycles. The summed E-state index contributed by atoms with van der Waals surface area (Å²) in [6, 6.07) is 0.704. The molecule has 108 valence electrons. The molecular formula is C16H33NO. The van der Waals surface area contributed by atoms with Crippen LogP contribution in [0, 0.1) is 11.8 Å². The smallest absolute Gasteiger partial charge is 0.0488 e. The Morgan fingerprint density at radius 2 is 2.00 bits per heavy atom. The molecule has 1 fully saturated rings. The number of rotatable bonds is 10. The van der Waals surface area contributed by atoms with E-state index in [1.165, 1.54) is 51.4 Å². The Morgan fingerprint density at radius 3 is 2.61 bits per heavy atom. The van der Waals surface area contributed by atoms with Crippen molar-refractivity contribution in [3.63, 3.8) is 0 Å². The molecule has 0 aromatic heterocycles. The van der Waals surface area contributed by atoms with Gasteiger partial charge in [-0.3, -0.25) is 0 Å². The van der Waals surface area contributed by atoms with Gasteiger partial charge in [0.15, 0.2) is 0 Å². The summed E-state index contributed by atoms with van der Waals surface area (Å²) in [6.45, 7) is 6.61. The fraction of sp³-hybridized carbons (Fsp3) is 1.00. The first-order chi connectivity index (χ1) is 8.76. The molecule has 2 unspecified atom stereocenters. The van der Waals surface area contributed by atoms with Gasteiger partial charge in [0, 0.05) is 19.8 Å². The van der Waals surface area contributed by atoms with Crippen molar-refractivity contribution >= 4 is 0 Å². The standard InChI is InChI=1S/C16H33NO/c1-4-11-17-16(12-14(2)13-18-3)10-9-15-7-5-6-8-15/h14-17H,4-13H2,1-3H3. The van der Waals surface area contributed by atoms with Crippen LogP contribution in [0.1, 0.15) is 65.2 Å². The summed E-state index contributed by atoms with van der Waals surface area (Å²) in [5, 5.41) is 3.73. The van der Waals surface area contributed by atoms with E-state index in [0.29, 0.717) is 12.0 Å². The van der Waals surface area contributed by atoms with E-state index in [-0.39, 0.29) is 0 Å². The van der Waals surface area contributed by atoms with Gasteiger partial charge < -0.3 is 10.1 Å². The van der Waals surface area contributed by atoms with Crippen LogP contribution in [0.15, 0.2) is 0 Å². The topological polar surface area (TPSA) is 21.3 Å². The summed E-state index contributed by atoms with van der Waals surface area (Å²) >= 11 is 0. The molecule has 1 N–H and O–H groups in total. The molecular weight excluding hydrogens is 222 g/mol. The Bertz CT molecular complexity index is 190. The van der Waals surface area contributed by atoms with E-state index in [4.69, 9.17) is 4.74 Å². The quantitative estimate of drug-likeness (QED) is 0.637. The van der Waals surface area contributed by atoms with Gasteiger partial charge in [0.25, 0.3) is 0 Å². The maximum Gasteiger partial charge on any atom is 0.0488 e. The van der Waals surface area contributed by atoms with Gasteiger partial charge in [-0.05, 0) is 44.1 Å². The van der Waals surface area contributed by atoms with Crippen molar-refractivity contribution in [2.24, 2.45) is 11.8 Å². The van der Waals surface area contributed by atoms with Crippen molar-refractivity contribution < 1.29 is 4.74 Å². The summed E-state index contributed by atoms with van der Waals surface area (Å²) in [7, 11) is 1.81. The minimum atomic E-state index is 0.674. The molecule has 2 heteroatoms. The van der Waals surface area contributed by atoms with Gasteiger partial charge in [-0.25, -0.2) is 0 Å². The third kappa shape index (κ3) is 6.75. The molecule has 0 saturated heterocycles. The molecule has 18 heavy (non-hydrogen) atoms. The summed E-state index contributed by atoms with van der Waals surface area (Å²) in [4.78, 5) is 0. The van der Waals surface area contributed by atoms with E-state index in [1.807, 2.05) is 7.11 Å². The summed E-state index contributed by atoms with van der Waals surface area (Å²) in [5.74, 6) is 1.70. The summed E-state index contributed by atoms with van der Waals surface area (Å²) < 4.78 is 5.26. The zero-order valence-electron chi connectivity index (χ0n) is 12.7. The largest absolute Gasteiger partial charge is 0.384 e. The van der Waals surface area contributed by atoms with E-state index in [1.54, 1.807) is 0 Å². The number of nitrogens with one attached hydrogen (secondary N) is 1. The van der Waals surface area contributed by atoms with Crippen LogP contribution in [0.3, 0.4) is 0 Å². The Balaban J connectivity index is 2.24. The molecule has 0 aromatic rings. The highest BCUT2D eigenvalue weighted by Gasteiger charge is 2.18. The van der Waals surface area contributed by atoms with Crippen LogP contribution >= 0.6 is 0 Å². The second-order valence-corrected chi connectivity index (χ2v) is 6.18. The molecule has 0 amide bonds. The fourth-order valence-corrected chi connectivity index (χ4v) is 3.23. The average Bonchev–Trinajstić information content (AvgIpc) is 2.86. The molecule has 0 aromatic carbocycles. The Morgan fingerprint density at radius 1 is 1.28 bits per heavy atom. The highest BCUT2D eigenvalue weighted by Crippen LogP contribution is 2.29. The molecule has 1 aliphatic carbocycles. The highest BCUT2D eigenvalue weighted by molar-refractivity contribution is 4.74. The first-order valence-electron chi connectivity index (χ1n) is 7.98. The first-order valence-corrected chi connectivity index (χ1v) is 7.98. The maximum absolute atomic E-state index is 5.26. The lowest BCUT2D eigenvalue weighted by Gasteiger charge is -2.23. The van der Waals surface area contributed by atoms with Gasteiger partial charge in [-0.1, -0.05) is 39.5 Å². The van der Waals surface area contributed by atoms with E-state index in [0.717, 1.165) is 19.1 Å². The monoisotopic (exact) mass is 255 g/mol. The Hall–Kier alpha value is -0.0800. The zero-order valence-corrected chi connectivity index (χ0v) is 12.7. The Kier molecular flexibility index (Phi) is 8.70. The average molecular weight is 255 g/mol. The van der Waals surface area contributed by atoms with Gasteiger partial charge in [-0.15, -0.1) is 0 Å². The van der Waals surface area contributed by atoms with E-state index in [2.05, 4.69) is 19.2 Å². The van der Waals surface area contributed by atoms with Crippen LogP contribution < -0.4 is 5.32 Å². The van der Waals surface area contributed by atoms with Crippen LogP contribution in [0.4, 0.5) is 0 Å². The fourth-order valence-electron chi connectivity index (χ4n) is 3.23. The van der Waals surface area contributed by atoms with Crippen LogP contribution in [0.5, 0.6) is 0 Å². The molecule has 2 atom stereocenters. The first kappa shape index (κ1) is 16.0. The van der Waals surface area contributed by atoms with Gasteiger partial charge in [0.1, 0.15) is 0 Å². The van der Waals surface area contributed by atoms with Crippen molar-refractivity contribution in [3.05, 3.63) is 0 Å². The van der Waals surface area contributed by atoms with Crippen molar-refractivity contribution in [1.82, 2.24) is 5.32 Å². The maximum atomic E-state index is 5.26. The third-order valence-corrected chi connectivity index (χ3v) is 4.22. The lowest BCUT2D eigenvalue weighted by Crippen LogP contribution is -2.32. The minimum absolute atomic E-state index is 0.674. The van der Waals surface area contributed by atoms with Crippen LogP contribution in [0.25, 0.3) is 0 Å². The molecule has 0 aliphatic heterocycles. The van der Waals surface area contributed by atoms with E-state index >= 15 is 0 Å². The lowest BCUT2D eigenvalue weighted by atomic mass is 9.93. The molecule has 2 nitrogen and oxygen atoms in total. The van der Waals surface area contributed by atoms with E-state index < -0.39 is 0 Å². The van der Waals surface area contributed by atoms with Crippen molar-refractivity contribution in [2.75, 3.05) is 20.3 Å². The molecule has 1 rings (SSSR count). The number of hydrogen-bond donors (Lipinski definition) is 1. The predicted octanol–water partition coefficient (Wildman–Crippen LogP) is 4.00. The molecule has 0 bridgehead atoms. The van der Waals surface area contributed by atoms with Gasteiger partial charge in [0.05, 0.1) is 0 Å². The summed E-state index contributed by atoms with van der Waals surface area (Å²) in [6.07, 6.45) is 11.2. The minimum Gasteiger partial charge on any atom is -0.384 e. The van der Waals surface area contributed by atoms with Crippen LogP contribution in [-0.2, 0) is 4.74 Å². The molecule has 1 aliphatic rings. The van der Waals surface area contributed by atoms with Gasteiger partial charge >= 0.3 is 0 Å². The van der Waals surface area contributed by atoms with Crippen molar-refractivity contribution in [3.8, 4) is 0 Å². The Labute approximate surface area is 114 Å². The molecule has 0 radical (unpaired) electrons. The van der Waals surface area contributed by atoms with Crippen molar-refractivity contribution in [2.45, 2.75) is 71.3 Å². The summed E-state index contributed by atoms with van der Waals surface area (Å²) in [5.41, 5.74) is 0. The number of hydrogen-bond acceptors (Lipinski definition) is 2. The molecule has 0 spiro atoms. The van der Waals surface area contributed by atoms with Gasteiger partial charge in [0.2, 0.25) is 0 Å². The number of ether oxygens (including phenoxy) is 1. The van der Waals surface area contributed by atoms with E-state index in [9.17, 15) is 0 Å². The zero-order chi connectivity index (χ0) is 13.2. The second kappa shape index (κ2) is 9.80. The van der Waals surface area contributed by atoms with Crippen LogP contribution in [-0.4, -0.2) is 26.3 Å². The molecule has 0 heterocycles.